The van der Waals surface area contributed by atoms with Crippen molar-refractivity contribution in [1.82, 2.24) is 14.8 Å². The number of aliphatic hydroxyl groups is 1. The van der Waals surface area contributed by atoms with E-state index in [2.05, 4.69) is 16.8 Å². The second-order valence-electron chi connectivity index (χ2n) is 8.54. The molecule has 8 heteroatoms. The predicted molar refractivity (Wildman–Crippen MR) is 128 cm³/mol. The van der Waals surface area contributed by atoms with Crippen LogP contribution in [0.15, 0.2) is 35.6 Å². The summed E-state index contributed by atoms with van der Waals surface area (Å²) >= 11 is 1.30. The molecule has 2 aromatic rings. The number of ether oxygens (including phenoxy) is 1. The standard InChI is InChI=1S/C25H31N3O4S/c1-4-18-6-8-19(9-7-18)21-20(22(29)24-16(2)26-17(3)33-24)23(30)25(31)28(21)11-5-10-27-12-14-32-15-13-27/h6-9,21,30H,4-5,10-15H2,1-3H3. The summed E-state index contributed by atoms with van der Waals surface area (Å²) in [6, 6.07) is 7.35. The third kappa shape index (κ3) is 4.88. The van der Waals surface area contributed by atoms with Crippen LogP contribution in [0, 0.1) is 13.8 Å². The van der Waals surface area contributed by atoms with E-state index in [1.807, 2.05) is 31.2 Å². The zero-order valence-electron chi connectivity index (χ0n) is 19.5. The SMILES string of the molecule is CCc1ccc(C2C(C(=O)c3sc(C)nc3C)=C(O)C(=O)N2CCCN2CCOCC2)cc1. The Morgan fingerprint density at radius 1 is 1.18 bits per heavy atom. The number of nitrogens with zero attached hydrogens (tertiary/aromatic N) is 3. The number of amides is 1. The van der Waals surface area contributed by atoms with Crippen LogP contribution in [0.4, 0.5) is 0 Å². The van der Waals surface area contributed by atoms with Gasteiger partial charge in [-0.2, -0.15) is 0 Å². The normalized spacial score (nSPS) is 19.5. The molecule has 0 bridgehead atoms. The molecule has 3 heterocycles. The highest BCUT2D eigenvalue weighted by Gasteiger charge is 2.44. The molecule has 4 rings (SSSR count). The van der Waals surface area contributed by atoms with Gasteiger partial charge in [0.1, 0.15) is 0 Å². The predicted octanol–water partition coefficient (Wildman–Crippen LogP) is 3.62. The van der Waals surface area contributed by atoms with Crippen LogP contribution in [0.5, 0.6) is 0 Å². The first-order chi connectivity index (χ1) is 15.9. The number of hydrogen-bond acceptors (Lipinski definition) is 7. The average Bonchev–Trinajstić information content (AvgIpc) is 3.29. The minimum absolute atomic E-state index is 0.155. The van der Waals surface area contributed by atoms with Crippen LogP contribution in [0.3, 0.4) is 0 Å². The molecular weight excluding hydrogens is 438 g/mol. The van der Waals surface area contributed by atoms with Crippen LogP contribution < -0.4 is 0 Å². The fourth-order valence-corrected chi connectivity index (χ4v) is 5.43. The second-order valence-corrected chi connectivity index (χ2v) is 9.75. The lowest BCUT2D eigenvalue weighted by molar-refractivity contribution is -0.129. The van der Waals surface area contributed by atoms with Crippen molar-refractivity contribution in [3.63, 3.8) is 0 Å². The van der Waals surface area contributed by atoms with Gasteiger partial charge in [-0.3, -0.25) is 14.5 Å². The Labute approximate surface area is 198 Å². The van der Waals surface area contributed by atoms with Gasteiger partial charge in [0.25, 0.3) is 5.91 Å². The summed E-state index contributed by atoms with van der Waals surface area (Å²) in [5.41, 5.74) is 2.79. The number of benzene rings is 1. The third-order valence-corrected chi connectivity index (χ3v) is 7.41. The van der Waals surface area contributed by atoms with Gasteiger partial charge < -0.3 is 14.7 Å². The summed E-state index contributed by atoms with van der Waals surface area (Å²) < 4.78 is 5.41. The molecule has 0 saturated carbocycles. The van der Waals surface area contributed by atoms with E-state index >= 15 is 0 Å². The van der Waals surface area contributed by atoms with Gasteiger partial charge in [0, 0.05) is 26.2 Å². The summed E-state index contributed by atoms with van der Waals surface area (Å²) in [4.78, 5) is 35.5. The van der Waals surface area contributed by atoms with Gasteiger partial charge in [-0.1, -0.05) is 31.2 Å². The maximum Gasteiger partial charge on any atom is 0.290 e. The van der Waals surface area contributed by atoms with Crippen LogP contribution in [0.1, 0.15) is 50.9 Å². The Kier molecular flexibility index (Phi) is 7.26. The molecule has 7 nitrogen and oxygen atoms in total. The average molecular weight is 470 g/mol. The smallest absolute Gasteiger partial charge is 0.290 e. The van der Waals surface area contributed by atoms with Crippen LogP contribution in [-0.2, 0) is 16.0 Å². The summed E-state index contributed by atoms with van der Waals surface area (Å²) in [6.07, 6.45) is 1.65. The molecule has 1 unspecified atom stereocenters. The molecule has 33 heavy (non-hydrogen) atoms. The first-order valence-electron chi connectivity index (χ1n) is 11.5. The third-order valence-electron chi connectivity index (χ3n) is 6.34. The molecule has 0 aliphatic carbocycles. The number of carbonyl (C=O) groups excluding carboxylic acids is 2. The van der Waals surface area contributed by atoms with Crippen molar-refractivity contribution in [2.24, 2.45) is 0 Å². The Morgan fingerprint density at radius 3 is 2.48 bits per heavy atom. The van der Waals surface area contributed by atoms with Crippen molar-refractivity contribution in [1.29, 1.82) is 0 Å². The van der Waals surface area contributed by atoms with Crippen molar-refractivity contribution in [3.8, 4) is 0 Å². The molecule has 0 spiro atoms. The second kappa shape index (κ2) is 10.2. The molecule has 1 atom stereocenters. The number of morpholine rings is 1. The van der Waals surface area contributed by atoms with Crippen molar-refractivity contribution < 1.29 is 19.4 Å². The van der Waals surface area contributed by atoms with E-state index in [0.717, 1.165) is 56.3 Å². The van der Waals surface area contributed by atoms with Crippen molar-refractivity contribution in [3.05, 3.63) is 62.3 Å². The van der Waals surface area contributed by atoms with Gasteiger partial charge >= 0.3 is 0 Å². The molecule has 1 aromatic heterocycles. The number of hydrogen-bond donors (Lipinski definition) is 1. The van der Waals surface area contributed by atoms with Gasteiger partial charge in [0.15, 0.2) is 5.76 Å². The van der Waals surface area contributed by atoms with E-state index in [4.69, 9.17) is 4.74 Å². The number of aliphatic hydroxyl groups excluding tert-OH is 1. The molecule has 1 amide bonds. The van der Waals surface area contributed by atoms with Gasteiger partial charge in [-0.15, -0.1) is 11.3 Å². The van der Waals surface area contributed by atoms with Gasteiger partial charge in [0.05, 0.1) is 40.4 Å². The van der Waals surface area contributed by atoms with Gasteiger partial charge in [0.2, 0.25) is 5.78 Å². The molecular formula is C25H31N3O4S. The zero-order chi connectivity index (χ0) is 23.5. The summed E-state index contributed by atoms with van der Waals surface area (Å²) in [5, 5.41) is 11.6. The quantitative estimate of drug-likeness (QED) is 0.595. The summed E-state index contributed by atoms with van der Waals surface area (Å²) in [6.45, 7) is 10.2. The maximum atomic E-state index is 13.6. The van der Waals surface area contributed by atoms with Crippen molar-refractivity contribution in [2.75, 3.05) is 39.4 Å². The molecule has 1 fully saturated rings. The first-order valence-corrected chi connectivity index (χ1v) is 12.3. The Hall–Kier alpha value is -2.55. The van der Waals surface area contributed by atoms with Gasteiger partial charge in [-0.25, -0.2) is 4.98 Å². The number of Topliss-reactive ketones (excluding diaryl/α,β-unsaturated/α-hetero) is 1. The zero-order valence-corrected chi connectivity index (χ0v) is 20.3. The van der Waals surface area contributed by atoms with E-state index in [1.54, 1.807) is 11.8 Å². The van der Waals surface area contributed by atoms with E-state index < -0.39 is 17.7 Å². The highest BCUT2D eigenvalue weighted by atomic mass is 32.1. The van der Waals surface area contributed by atoms with E-state index in [-0.39, 0.29) is 11.4 Å². The highest BCUT2D eigenvalue weighted by Crippen LogP contribution is 2.40. The Bertz CT molecular complexity index is 1050. The number of carbonyl (C=O) groups is 2. The monoisotopic (exact) mass is 469 g/mol. The fourth-order valence-electron chi connectivity index (χ4n) is 4.55. The first kappa shape index (κ1) is 23.6. The van der Waals surface area contributed by atoms with E-state index in [0.29, 0.717) is 17.1 Å². The molecule has 2 aliphatic heterocycles. The maximum absolute atomic E-state index is 13.6. The Morgan fingerprint density at radius 2 is 1.88 bits per heavy atom. The van der Waals surface area contributed by atoms with Crippen LogP contribution in [0.25, 0.3) is 0 Å². The molecule has 1 N–H and O–H groups in total. The lowest BCUT2D eigenvalue weighted by atomic mass is 9.94. The van der Waals surface area contributed by atoms with Crippen LogP contribution >= 0.6 is 11.3 Å². The number of aromatic nitrogens is 1. The highest BCUT2D eigenvalue weighted by molar-refractivity contribution is 7.14. The van der Waals surface area contributed by atoms with E-state index in [9.17, 15) is 14.7 Å². The number of aryl methyl sites for hydroxylation is 3. The molecule has 1 saturated heterocycles. The van der Waals surface area contributed by atoms with Crippen molar-refractivity contribution >= 4 is 23.0 Å². The number of ketones is 1. The minimum atomic E-state index is -0.609. The number of rotatable bonds is 8. The Balaban J connectivity index is 1.63. The lowest BCUT2D eigenvalue weighted by Crippen LogP contribution is -2.39. The topological polar surface area (TPSA) is 83.0 Å². The van der Waals surface area contributed by atoms with Crippen LogP contribution in [0.2, 0.25) is 0 Å². The van der Waals surface area contributed by atoms with Crippen LogP contribution in [-0.4, -0.2) is 71.0 Å². The summed E-state index contributed by atoms with van der Waals surface area (Å²) in [5.74, 6) is -1.24. The van der Waals surface area contributed by atoms with Gasteiger partial charge in [-0.05, 0) is 37.8 Å². The number of thiazole rings is 1. The van der Waals surface area contributed by atoms with E-state index in [1.165, 1.54) is 16.9 Å². The minimum Gasteiger partial charge on any atom is -0.503 e. The fraction of sp³-hybridized carbons (Fsp3) is 0.480. The molecule has 1 aromatic carbocycles. The summed E-state index contributed by atoms with van der Waals surface area (Å²) in [7, 11) is 0. The molecule has 0 radical (unpaired) electrons. The molecule has 176 valence electrons. The largest absolute Gasteiger partial charge is 0.503 e. The molecule has 2 aliphatic rings. The lowest BCUT2D eigenvalue weighted by Gasteiger charge is -2.30. The van der Waals surface area contributed by atoms with Crippen molar-refractivity contribution in [2.45, 2.75) is 39.7 Å².